The molecule has 3 rings (SSSR count). The molecule has 2 aromatic carbocycles. The quantitative estimate of drug-likeness (QED) is 0.442. The number of halogens is 2. The summed E-state index contributed by atoms with van der Waals surface area (Å²) < 4.78 is 5.24. The first kappa shape index (κ1) is 19.1. The molecule has 1 amide bonds. The molecule has 0 saturated carbocycles. The number of nitro groups is 1. The molecule has 0 bridgehead atoms. The van der Waals surface area contributed by atoms with Crippen molar-refractivity contribution < 1.29 is 14.5 Å². The highest BCUT2D eigenvalue weighted by Crippen LogP contribution is 2.32. The minimum atomic E-state index is -0.573. The number of ether oxygens (including phenoxy) is 1. The molecule has 0 aliphatic heterocycles. The number of amides is 1. The third-order valence-corrected chi connectivity index (χ3v) is 4.68. The zero-order chi connectivity index (χ0) is 19.4. The predicted octanol–water partition coefficient (Wildman–Crippen LogP) is 5.04. The zero-order valence-electron chi connectivity index (χ0n) is 13.5. The lowest BCUT2D eigenvalue weighted by atomic mass is 10.2. The van der Waals surface area contributed by atoms with Crippen LogP contribution >= 0.6 is 34.5 Å². The number of carbonyl (C=O) groups is 1. The lowest BCUT2D eigenvalue weighted by Crippen LogP contribution is -2.20. The Morgan fingerprint density at radius 3 is 2.78 bits per heavy atom. The van der Waals surface area contributed by atoms with Gasteiger partial charge >= 0.3 is 5.69 Å². The molecular formula is C17H11Cl2N3O4S. The van der Waals surface area contributed by atoms with E-state index in [0.717, 1.165) is 0 Å². The van der Waals surface area contributed by atoms with Crippen LogP contribution in [0.1, 0.15) is 0 Å². The number of nitrogens with one attached hydrogen (secondary N) is 1. The van der Waals surface area contributed by atoms with E-state index in [1.165, 1.54) is 29.5 Å². The number of para-hydroxylation sites is 2. The number of hydrogen-bond acceptors (Lipinski definition) is 6. The van der Waals surface area contributed by atoms with Crippen molar-refractivity contribution in [3.8, 4) is 17.0 Å². The third kappa shape index (κ3) is 4.73. The zero-order valence-corrected chi connectivity index (χ0v) is 15.8. The number of rotatable bonds is 6. The van der Waals surface area contributed by atoms with Crippen LogP contribution in [0, 0.1) is 10.1 Å². The molecule has 7 nitrogen and oxygen atoms in total. The standard InChI is InChI=1S/C17H11Cl2N3O4S/c18-10-5-6-11(12(19)7-10)13-9-27-17(20-13)21-16(23)8-26-15-4-2-1-3-14(15)22(24)25/h1-7,9H,8H2,(H,20,21,23). The van der Waals surface area contributed by atoms with E-state index in [1.807, 2.05) is 0 Å². The van der Waals surface area contributed by atoms with Crippen LogP contribution < -0.4 is 10.1 Å². The van der Waals surface area contributed by atoms with E-state index in [-0.39, 0.29) is 18.0 Å². The first-order chi connectivity index (χ1) is 12.9. The van der Waals surface area contributed by atoms with E-state index < -0.39 is 10.8 Å². The van der Waals surface area contributed by atoms with Crippen molar-refractivity contribution >= 4 is 51.3 Å². The van der Waals surface area contributed by atoms with Crippen LogP contribution in [0.5, 0.6) is 5.75 Å². The molecule has 10 heteroatoms. The van der Waals surface area contributed by atoms with Crippen LogP contribution in [0.15, 0.2) is 47.8 Å². The first-order valence-corrected chi connectivity index (χ1v) is 9.14. The average Bonchev–Trinajstić information content (AvgIpc) is 3.08. The van der Waals surface area contributed by atoms with E-state index in [9.17, 15) is 14.9 Å². The Bertz CT molecular complexity index is 1010. The molecule has 27 heavy (non-hydrogen) atoms. The van der Waals surface area contributed by atoms with Crippen molar-refractivity contribution in [3.63, 3.8) is 0 Å². The van der Waals surface area contributed by atoms with Gasteiger partial charge < -0.3 is 4.74 Å². The second-order valence-corrected chi connectivity index (χ2v) is 6.93. The number of anilines is 1. The number of carbonyl (C=O) groups excluding carboxylic acids is 1. The normalized spacial score (nSPS) is 10.4. The van der Waals surface area contributed by atoms with Crippen LogP contribution in [-0.2, 0) is 4.79 Å². The van der Waals surface area contributed by atoms with Gasteiger partial charge in [-0.15, -0.1) is 11.3 Å². The lowest BCUT2D eigenvalue weighted by molar-refractivity contribution is -0.385. The van der Waals surface area contributed by atoms with Gasteiger partial charge in [-0.25, -0.2) is 4.98 Å². The minimum Gasteiger partial charge on any atom is -0.477 e. The molecule has 3 aromatic rings. The van der Waals surface area contributed by atoms with Crippen molar-refractivity contribution in [2.75, 3.05) is 11.9 Å². The second kappa shape index (κ2) is 8.34. The molecule has 138 valence electrons. The number of aromatic nitrogens is 1. The molecule has 1 N–H and O–H groups in total. The summed E-state index contributed by atoms with van der Waals surface area (Å²) >= 11 is 13.3. The predicted molar refractivity (Wildman–Crippen MR) is 105 cm³/mol. The van der Waals surface area contributed by atoms with Gasteiger partial charge in [0.25, 0.3) is 5.91 Å². The van der Waals surface area contributed by atoms with Crippen molar-refractivity contribution in [3.05, 3.63) is 68.0 Å². The maximum absolute atomic E-state index is 12.0. The van der Waals surface area contributed by atoms with Crippen LogP contribution in [0.25, 0.3) is 11.3 Å². The Hall–Kier alpha value is -2.68. The van der Waals surface area contributed by atoms with E-state index >= 15 is 0 Å². The second-order valence-electron chi connectivity index (χ2n) is 5.22. The Labute approximate surface area is 167 Å². The number of nitrogens with zero attached hydrogens (tertiary/aromatic N) is 2. The van der Waals surface area contributed by atoms with E-state index in [0.29, 0.717) is 26.4 Å². The summed E-state index contributed by atoms with van der Waals surface area (Å²) in [7, 11) is 0. The molecule has 0 atom stereocenters. The maximum atomic E-state index is 12.0. The smallest absolute Gasteiger partial charge is 0.310 e. The summed E-state index contributed by atoms with van der Waals surface area (Å²) in [4.78, 5) is 26.7. The fourth-order valence-electron chi connectivity index (χ4n) is 2.18. The highest BCUT2D eigenvalue weighted by Gasteiger charge is 2.16. The molecule has 0 spiro atoms. The number of nitro benzene ring substituents is 1. The summed E-state index contributed by atoms with van der Waals surface area (Å²) in [6.07, 6.45) is 0. The molecule has 1 heterocycles. The number of thiazole rings is 1. The third-order valence-electron chi connectivity index (χ3n) is 3.38. The van der Waals surface area contributed by atoms with Gasteiger partial charge in [0.2, 0.25) is 0 Å². The number of hydrogen-bond donors (Lipinski definition) is 1. The maximum Gasteiger partial charge on any atom is 0.310 e. The summed E-state index contributed by atoms with van der Waals surface area (Å²) in [6.45, 7) is -0.387. The Morgan fingerprint density at radius 2 is 2.04 bits per heavy atom. The lowest BCUT2D eigenvalue weighted by Gasteiger charge is -2.06. The number of benzene rings is 2. The largest absolute Gasteiger partial charge is 0.477 e. The fourth-order valence-corrected chi connectivity index (χ4v) is 3.41. The Morgan fingerprint density at radius 1 is 1.26 bits per heavy atom. The molecule has 0 unspecified atom stereocenters. The van der Waals surface area contributed by atoms with Gasteiger partial charge in [0.05, 0.1) is 15.6 Å². The van der Waals surface area contributed by atoms with Gasteiger partial charge in [-0.1, -0.05) is 35.3 Å². The van der Waals surface area contributed by atoms with Crippen molar-refractivity contribution in [1.29, 1.82) is 0 Å². The van der Waals surface area contributed by atoms with Gasteiger partial charge in [0.15, 0.2) is 17.5 Å². The average molecular weight is 424 g/mol. The highest BCUT2D eigenvalue weighted by molar-refractivity contribution is 7.14. The molecule has 0 radical (unpaired) electrons. The molecule has 0 aliphatic carbocycles. The summed E-state index contributed by atoms with van der Waals surface area (Å²) in [5.74, 6) is -0.471. The molecule has 0 fully saturated rings. The van der Waals surface area contributed by atoms with Gasteiger partial charge in [-0.05, 0) is 24.3 Å². The summed E-state index contributed by atoms with van der Waals surface area (Å²) in [5.41, 5.74) is 1.07. The van der Waals surface area contributed by atoms with Crippen molar-refractivity contribution in [1.82, 2.24) is 4.98 Å². The van der Waals surface area contributed by atoms with Gasteiger partial charge in [-0.3, -0.25) is 20.2 Å². The van der Waals surface area contributed by atoms with E-state index in [1.54, 1.807) is 29.6 Å². The first-order valence-electron chi connectivity index (χ1n) is 7.51. The van der Waals surface area contributed by atoms with Crippen LogP contribution in [0.3, 0.4) is 0 Å². The van der Waals surface area contributed by atoms with E-state index in [4.69, 9.17) is 27.9 Å². The fraction of sp³-hybridized carbons (Fsp3) is 0.0588. The van der Waals surface area contributed by atoms with Gasteiger partial charge in [-0.2, -0.15) is 0 Å². The molecule has 1 aromatic heterocycles. The monoisotopic (exact) mass is 423 g/mol. The minimum absolute atomic E-state index is 0.0189. The Kier molecular flexibility index (Phi) is 5.90. The summed E-state index contributed by atoms with van der Waals surface area (Å²) in [5, 5.41) is 16.6. The van der Waals surface area contributed by atoms with Crippen LogP contribution in [0.2, 0.25) is 10.0 Å². The molecule has 0 saturated heterocycles. The molecular weight excluding hydrogens is 413 g/mol. The topological polar surface area (TPSA) is 94.4 Å². The van der Waals surface area contributed by atoms with Crippen LogP contribution in [-0.4, -0.2) is 22.4 Å². The molecule has 0 aliphatic rings. The van der Waals surface area contributed by atoms with Gasteiger partial charge in [0.1, 0.15) is 0 Å². The SMILES string of the molecule is O=C(COc1ccccc1[N+](=O)[O-])Nc1nc(-c2ccc(Cl)cc2Cl)cs1. The Balaban J connectivity index is 1.64. The van der Waals surface area contributed by atoms with Crippen molar-refractivity contribution in [2.45, 2.75) is 0 Å². The van der Waals surface area contributed by atoms with Crippen molar-refractivity contribution in [2.24, 2.45) is 0 Å². The van der Waals surface area contributed by atoms with Gasteiger partial charge in [0, 0.05) is 22.0 Å². The summed E-state index contributed by atoms with van der Waals surface area (Å²) in [6, 6.07) is 10.9. The highest BCUT2D eigenvalue weighted by atomic mass is 35.5. The van der Waals surface area contributed by atoms with E-state index in [2.05, 4.69) is 10.3 Å². The van der Waals surface area contributed by atoms with Crippen LogP contribution in [0.4, 0.5) is 10.8 Å².